The van der Waals surface area contributed by atoms with Crippen LogP contribution in [0.3, 0.4) is 0 Å². The minimum Gasteiger partial charge on any atom is -0.486 e. The Balaban J connectivity index is 1.29. The third kappa shape index (κ3) is 5.54. The van der Waals surface area contributed by atoms with Crippen LogP contribution >= 0.6 is 0 Å². The summed E-state index contributed by atoms with van der Waals surface area (Å²) in [5.74, 6) is 0.915. The minimum atomic E-state index is -0.323. The first-order chi connectivity index (χ1) is 15.6. The molecule has 32 heavy (non-hydrogen) atoms. The molecule has 7 heteroatoms. The molecule has 6 nitrogen and oxygen atoms in total. The summed E-state index contributed by atoms with van der Waals surface area (Å²) in [5.41, 5.74) is 1.81. The Morgan fingerprint density at radius 1 is 1.00 bits per heavy atom. The Labute approximate surface area is 186 Å². The summed E-state index contributed by atoms with van der Waals surface area (Å²) >= 11 is 0. The highest BCUT2D eigenvalue weighted by molar-refractivity contribution is 5.91. The number of benzene rings is 2. The maximum Gasteiger partial charge on any atom is 0.289 e. The van der Waals surface area contributed by atoms with Crippen molar-refractivity contribution in [2.24, 2.45) is 0 Å². The topological polar surface area (TPSA) is 69.7 Å². The monoisotopic (exact) mass is 433 g/mol. The highest BCUT2D eigenvalue weighted by Gasteiger charge is 2.23. The number of nitrogens with zero attached hydrogens (tertiary/aromatic N) is 3. The number of ether oxygens (including phenoxy) is 1. The van der Waals surface area contributed by atoms with E-state index in [2.05, 4.69) is 11.0 Å². The smallest absolute Gasteiger partial charge is 0.289 e. The van der Waals surface area contributed by atoms with Crippen LogP contribution in [0, 0.1) is 17.1 Å². The quantitative estimate of drug-likeness (QED) is 0.582. The molecule has 2 aromatic carbocycles. The van der Waals surface area contributed by atoms with Gasteiger partial charge in [0.1, 0.15) is 23.9 Å². The van der Waals surface area contributed by atoms with E-state index in [4.69, 9.17) is 14.4 Å². The summed E-state index contributed by atoms with van der Waals surface area (Å²) in [5, 5.41) is 8.93. The van der Waals surface area contributed by atoms with Crippen LogP contribution in [-0.2, 0) is 13.2 Å². The fraction of sp³-hybridized carbons (Fsp3) is 0.280. The van der Waals surface area contributed by atoms with E-state index in [0.29, 0.717) is 35.9 Å². The summed E-state index contributed by atoms with van der Waals surface area (Å²) in [6.45, 7) is 3.92. The van der Waals surface area contributed by atoms with E-state index >= 15 is 0 Å². The van der Waals surface area contributed by atoms with Crippen molar-refractivity contribution in [2.45, 2.75) is 19.6 Å². The molecule has 0 aliphatic carbocycles. The second-order valence-electron chi connectivity index (χ2n) is 7.74. The van der Waals surface area contributed by atoms with Gasteiger partial charge in [0.25, 0.3) is 5.91 Å². The van der Waals surface area contributed by atoms with Crippen LogP contribution in [0.5, 0.6) is 5.75 Å². The van der Waals surface area contributed by atoms with Gasteiger partial charge in [-0.25, -0.2) is 4.39 Å². The zero-order valence-electron chi connectivity index (χ0n) is 17.7. The fourth-order valence-electron chi connectivity index (χ4n) is 3.69. The van der Waals surface area contributed by atoms with Crippen molar-refractivity contribution in [2.75, 3.05) is 26.2 Å². The third-order valence-electron chi connectivity index (χ3n) is 5.43. The first-order valence-corrected chi connectivity index (χ1v) is 10.6. The van der Waals surface area contributed by atoms with Crippen molar-refractivity contribution in [3.63, 3.8) is 0 Å². The SMILES string of the molecule is N#Cc1ccc(CN2CCCN(C(=O)c3ccc(COc4ccc(F)cc4)o3)CC2)cc1. The first kappa shape index (κ1) is 21.6. The van der Waals surface area contributed by atoms with Gasteiger partial charge in [-0.2, -0.15) is 5.26 Å². The lowest BCUT2D eigenvalue weighted by molar-refractivity contribution is 0.0725. The molecule has 0 N–H and O–H groups in total. The molecule has 0 saturated carbocycles. The summed E-state index contributed by atoms with van der Waals surface area (Å²) in [4.78, 5) is 17.1. The van der Waals surface area contributed by atoms with Gasteiger partial charge in [-0.05, 0) is 60.5 Å². The van der Waals surface area contributed by atoms with E-state index < -0.39 is 0 Å². The standard InChI is InChI=1S/C25H24FN3O3/c26-21-6-8-22(9-7-21)31-18-23-10-11-24(32-23)25(30)29-13-1-12-28(14-15-29)17-20-4-2-19(16-27)3-5-20/h2-11H,1,12-15,17-18H2. The van der Waals surface area contributed by atoms with Gasteiger partial charge in [-0.1, -0.05) is 12.1 Å². The van der Waals surface area contributed by atoms with E-state index in [0.717, 1.165) is 31.6 Å². The highest BCUT2D eigenvalue weighted by atomic mass is 19.1. The number of furan rings is 1. The molecule has 2 heterocycles. The zero-order chi connectivity index (χ0) is 22.3. The molecule has 4 rings (SSSR count). The van der Waals surface area contributed by atoms with E-state index in [9.17, 15) is 9.18 Å². The molecule has 164 valence electrons. The van der Waals surface area contributed by atoms with Gasteiger partial charge < -0.3 is 14.1 Å². The lowest BCUT2D eigenvalue weighted by atomic mass is 10.1. The molecule has 0 atom stereocenters. The van der Waals surface area contributed by atoms with Crippen LogP contribution in [0.2, 0.25) is 0 Å². The number of carbonyl (C=O) groups is 1. The molecular formula is C25H24FN3O3. The van der Waals surface area contributed by atoms with Gasteiger partial charge in [0.15, 0.2) is 5.76 Å². The molecule has 1 aliphatic heterocycles. The molecule has 1 aliphatic rings. The molecule has 0 bridgehead atoms. The average molecular weight is 433 g/mol. The van der Waals surface area contributed by atoms with E-state index in [1.54, 1.807) is 24.3 Å². The third-order valence-corrected chi connectivity index (χ3v) is 5.43. The van der Waals surface area contributed by atoms with Crippen LogP contribution < -0.4 is 4.74 Å². The van der Waals surface area contributed by atoms with Crippen LogP contribution in [-0.4, -0.2) is 41.9 Å². The van der Waals surface area contributed by atoms with Crippen molar-refractivity contribution in [3.8, 4) is 11.8 Å². The Morgan fingerprint density at radius 2 is 1.78 bits per heavy atom. The number of hydrogen-bond donors (Lipinski definition) is 0. The second-order valence-corrected chi connectivity index (χ2v) is 7.74. The minimum absolute atomic E-state index is 0.127. The largest absolute Gasteiger partial charge is 0.486 e. The summed E-state index contributed by atoms with van der Waals surface area (Å²) in [6, 6.07) is 18.9. The van der Waals surface area contributed by atoms with Crippen molar-refractivity contribution >= 4 is 5.91 Å². The Hall–Kier alpha value is -3.63. The van der Waals surface area contributed by atoms with Crippen molar-refractivity contribution in [1.29, 1.82) is 5.26 Å². The first-order valence-electron chi connectivity index (χ1n) is 10.6. The maximum atomic E-state index is 13.0. The number of hydrogen-bond acceptors (Lipinski definition) is 5. The Kier molecular flexibility index (Phi) is 6.83. The van der Waals surface area contributed by atoms with Crippen molar-refractivity contribution in [3.05, 3.63) is 89.1 Å². The predicted molar refractivity (Wildman–Crippen MR) is 116 cm³/mol. The number of carbonyl (C=O) groups excluding carboxylic acids is 1. The predicted octanol–water partition coefficient (Wildman–Crippen LogP) is 4.22. The van der Waals surface area contributed by atoms with E-state index in [-0.39, 0.29) is 18.3 Å². The van der Waals surface area contributed by atoms with Crippen LogP contribution in [0.4, 0.5) is 4.39 Å². The molecule has 3 aromatic rings. The van der Waals surface area contributed by atoms with Crippen LogP contribution in [0.1, 0.15) is 33.9 Å². The lowest BCUT2D eigenvalue weighted by Crippen LogP contribution is -2.34. The van der Waals surface area contributed by atoms with Gasteiger partial charge in [0, 0.05) is 32.7 Å². The number of nitriles is 1. The van der Waals surface area contributed by atoms with Gasteiger partial charge >= 0.3 is 0 Å². The normalized spacial score (nSPS) is 14.6. The molecule has 0 spiro atoms. The van der Waals surface area contributed by atoms with Crippen LogP contribution in [0.25, 0.3) is 0 Å². The summed E-state index contributed by atoms with van der Waals surface area (Å²) in [7, 11) is 0. The van der Waals surface area contributed by atoms with Gasteiger partial charge in [-0.3, -0.25) is 9.69 Å². The van der Waals surface area contributed by atoms with Crippen LogP contribution in [0.15, 0.2) is 65.1 Å². The fourth-order valence-corrected chi connectivity index (χ4v) is 3.69. The molecule has 0 unspecified atom stereocenters. The van der Waals surface area contributed by atoms with Gasteiger partial charge in [-0.15, -0.1) is 0 Å². The molecule has 1 fully saturated rings. The van der Waals surface area contributed by atoms with E-state index in [1.807, 2.05) is 29.2 Å². The summed E-state index contributed by atoms with van der Waals surface area (Å²) in [6.07, 6.45) is 0.878. The number of rotatable bonds is 6. The Bertz CT molecular complexity index is 1090. The lowest BCUT2D eigenvalue weighted by Gasteiger charge is -2.21. The van der Waals surface area contributed by atoms with Crippen molar-refractivity contribution in [1.82, 2.24) is 9.80 Å². The average Bonchev–Trinajstić information content (AvgIpc) is 3.17. The maximum absolute atomic E-state index is 13.0. The molecule has 1 aromatic heterocycles. The second kappa shape index (κ2) is 10.1. The number of halogens is 1. The molecular weight excluding hydrogens is 409 g/mol. The van der Waals surface area contributed by atoms with Gasteiger partial charge in [0.2, 0.25) is 0 Å². The van der Waals surface area contributed by atoms with E-state index in [1.165, 1.54) is 12.1 Å². The van der Waals surface area contributed by atoms with Crippen molar-refractivity contribution < 1.29 is 18.3 Å². The Morgan fingerprint density at radius 3 is 2.53 bits per heavy atom. The number of amides is 1. The zero-order valence-corrected chi connectivity index (χ0v) is 17.7. The highest BCUT2D eigenvalue weighted by Crippen LogP contribution is 2.17. The molecule has 1 amide bonds. The molecule has 1 saturated heterocycles. The summed E-state index contributed by atoms with van der Waals surface area (Å²) < 4.78 is 24.3. The molecule has 0 radical (unpaired) electrons. The van der Waals surface area contributed by atoms with Gasteiger partial charge in [0.05, 0.1) is 11.6 Å².